The van der Waals surface area contributed by atoms with Crippen molar-refractivity contribution < 1.29 is 0 Å². The lowest BCUT2D eigenvalue weighted by atomic mass is 10.2. The Morgan fingerprint density at radius 2 is 1.80 bits per heavy atom. The molecule has 2 N–H and O–H groups in total. The van der Waals surface area contributed by atoms with Crippen molar-refractivity contribution in [1.82, 2.24) is 20.4 Å². The lowest BCUT2D eigenvalue weighted by Crippen LogP contribution is -2.46. The second-order valence-electron chi connectivity index (χ2n) is 7.42. The molecule has 0 amide bonds. The first-order chi connectivity index (χ1) is 12.2. The number of rotatable bonds is 7. The maximum absolute atomic E-state index is 4.31. The van der Waals surface area contributed by atoms with Gasteiger partial charge in [-0.1, -0.05) is 37.3 Å². The van der Waals surface area contributed by atoms with E-state index in [2.05, 4.69) is 62.7 Å². The summed E-state index contributed by atoms with van der Waals surface area (Å²) >= 11 is 0. The van der Waals surface area contributed by atoms with Crippen LogP contribution in [-0.4, -0.2) is 68.1 Å². The van der Waals surface area contributed by atoms with E-state index < -0.39 is 0 Å². The SMILES string of the molecule is CN=C(NCCCN1CCN(Cc2ccccc2)CC1)NC1CC1C. The number of piperazine rings is 1. The molecule has 1 saturated carbocycles. The van der Waals surface area contributed by atoms with Crippen LogP contribution < -0.4 is 10.6 Å². The molecule has 0 spiro atoms. The molecule has 1 heterocycles. The third-order valence-corrected chi connectivity index (χ3v) is 5.31. The minimum absolute atomic E-state index is 0.629. The van der Waals surface area contributed by atoms with E-state index in [4.69, 9.17) is 0 Å². The number of guanidine groups is 1. The molecule has 2 atom stereocenters. The van der Waals surface area contributed by atoms with Gasteiger partial charge in [0.25, 0.3) is 0 Å². The predicted molar refractivity (Wildman–Crippen MR) is 105 cm³/mol. The Hall–Kier alpha value is -1.59. The van der Waals surface area contributed by atoms with Crippen molar-refractivity contribution in [3.63, 3.8) is 0 Å². The first kappa shape index (κ1) is 18.2. The molecule has 1 aromatic carbocycles. The maximum Gasteiger partial charge on any atom is 0.191 e. The monoisotopic (exact) mass is 343 g/mol. The zero-order chi connectivity index (χ0) is 17.5. The Morgan fingerprint density at radius 3 is 2.44 bits per heavy atom. The summed E-state index contributed by atoms with van der Waals surface area (Å²) in [6.45, 7) is 10.2. The van der Waals surface area contributed by atoms with Crippen LogP contribution in [0.25, 0.3) is 0 Å². The summed E-state index contributed by atoms with van der Waals surface area (Å²) in [5.74, 6) is 1.76. The van der Waals surface area contributed by atoms with Gasteiger partial charge in [0.15, 0.2) is 5.96 Å². The van der Waals surface area contributed by atoms with Crippen molar-refractivity contribution in [2.24, 2.45) is 10.9 Å². The number of aliphatic imine (C=N–C) groups is 1. The van der Waals surface area contributed by atoms with Gasteiger partial charge in [-0.25, -0.2) is 0 Å². The highest BCUT2D eigenvalue weighted by Gasteiger charge is 2.33. The molecule has 1 aromatic rings. The standard InChI is InChI=1S/C20H33N5/c1-17-15-19(17)23-20(21-2)22-9-6-10-24-11-13-25(14-12-24)16-18-7-4-3-5-8-18/h3-5,7-8,17,19H,6,9-16H2,1-2H3,(H2,21,22,23). The van der Waals surface area contributed by atoms with Crippen molar-refractivity contribution in [3.05, 3.63) is 35.9 Å². The van der Waals surface area contributed by atoms with Crippen LogP contribution >= 0.6 is 0 Å². The Labute approximate surface area is 152 Å². The summed E-state index contributed by atoms with van der Waals surface area (Å²) in [6, 6.07) is 11.4. The second-order valence-corrected chi connectivity index (χ2v) is 7.42. The summed E-state index contributed by atoms with van der Waals surface area (Å²) in [5, 5.41) is 6.92. The van der Waals surface area contributed by atoms with Gasteiger partial charge in [0.2, 0.25) is 0 Å². The summed E-state index contributed by atoms with van der Waals surface area (Å²) in [5.41, 5.74) is 1.42. The van der Waals surface area contributed by atoms with Crippen LogP contribution in [0.5, 0.6) is 0 Å². The first-order valence-electron chi connectivity index (χ1n) is 9.70. The molecule has 25 heavy (non-hydrogen) atoms. The van der Waals surface area contributed by atoms with Gasteiger partial charge in [0, 0.05) is 52.4 Å². The highest BCUT2D eigenvalue weighted by molar-refractivity contribution is 5.80. The molecule has 0 bridgehead atoms. The number of nitrogens with zero attached hydrogens (tertiary/aromatic N) is 3. The van der Waals surface area contributed by atoms with Gasteiger partial charge in [-0.2, -0.15) is 0 Å². The number of nitrogens with one attached hydrogen (secondary N) is 2. The molecule has 5 nitrogen and oxygen atoms in total. The highest BCUT2D eigenvalue weighted by atomic mass is 15.3. The zero-order valence-corrected chi connectivity index (χ0v) is 15.7. The van der Waals surface area contributed by atoms with Gasteiger partial charge in [-0.05, 0) is 30.9 Å². The average molecular weight is 344 g/mol. The van der Waals surface area contributed by atoms with Gasteiger partial charge < -0.3 is 15.5 Å². The Morgan fingerprint density at radius 1 is 1.12 bits per heavy atom. The van der Waals surface area contributed by atoms with E-state index in [1.807, 2.05) is 7.05 Å². The van der Waals surface area contributed by atoms with Crippen molar-refractivity contribution in [1.29, 1.82) is 0 Å². The molecule has 2 aliphatic rings. The molecular weight excluding hydrogens is 310 g/mol. The van der Waals surface area contributed by atoms with Crippen LogP contribution in [0.1, 0.15) is 25.3 Å². The fourth-order valence-electron chi connectivity index (χ4n) is 3.42. The van der Waals surface area contributed by atoms with Gasteiger partial charge in [-0.3, -0.25) is 9.89 Å². The largest absolute Gasteiger partial charge is 0.356 e. The van der Waals surface area contributed by atoms with Crippen molar-refractivity contribution in [2.75, 3.05) is 46.3 Å². The zero-order valence-electron chi connectivity index (χ0n) is 15.7. The number of hydrogen-bond donors (Lipinski definition) is 2. The third-order valence-electron chi connectivity index (χ3n) is 5.31. The van der Waals surface area contributed by atoms with Crippen LogP contribution in [0.4, 0.5) is 0 Å². The van der Waals surface area contributed by atoms with Gasteiger partial charge in [0.05, 0.1) is 0 Å². The molecule has 5 heteroatoms. The van der Waals surface area contributed by atoms with E-state index in [0.717, 1.165) is 25.0 Å². The van der Waals surface area contributed by atoms with Crippen molar-refractivity contribution in [2.45, 2.75) is 32.4 Å². The van der Waals surface area contributed by atoms with Gasteiger partial charge >= 0.3 is 0 Å². The van der Waals surface area contributed by atoms with E-state index in [-0.39, 0.29) is 0 Å². The average Bonchev–Trinajstić information content (AvgIpc) is 3.34. The van der Waals surface area contributed by atoms with Crippen LogP contribution in [0.3, 0.4) is 0 Å². The second kappa shape index (κ2) is 9.20. The molecule has 2 fully saturated rings. The first-order valence-corrected chi connectivity index (χ1v) is 9.70. The molecule has 0 radical (unpaired) electrons. The maximum atomic E-state index is 4.31. The summed E-state index contributed by atoms with van der Waals surface area (Å²) in [7, 11) is 1.86. The molecule has 0 aromatic heterocycles. The Kier molecular flexibility index (Phi) is 6.70. The molecule has 138 valence electrons. The Balaban J connectivity index is 1.26. The molecule has 1 aliphatic heterocycles. The normalized spacial score (nSPS) is 25.0. The summed E-state index contributed by atoms with van der Waals surface area (Å²) < 4.78 is 0. The van der Waals surface area contributed by atoms with Crippen LogP contribution in [0.2, 0.25) is 0 Å². The lowest BCUT2D eigenvalue weighted by Gasteiger charge is -2.34. The fourth-order valence-corrected chi connectivity index (χ4v) is 3.42. The third kappa shape index (κ3) is 6.01. The number of hydrogen-bond acceptors (Lipinski definition) is 3. The van der Waals surface area contributed by atoms with Crippen LogP contribution in [-0.2, 0) is 6.54 Å². The quantitative estimate of drug-likeness (QED) is 0.450. The smallest absolute Gasteiger partial charge is 0.191 e. The molecular formula is C20H33N5. The lowest BCUT2D eigenvalue weighted by molar-refractivity contribution is 0.126. The topological polar surface area (TPSA) is 42.9 Å². The van der Waals surface area contributed by atoms with Crippen molar-refractivity contribution in [3.8, 4) is 0 Å². The van der Waals surface area contributed by atoms with Crippen molar-refractivity contribution >= 4 is 5.96 Å². The summed E-state index contributed by atoms with van der Waals surface area (Å²) in [4.78, 5) is 9.46. The molecule has 1 saturated heterocycles. The number of benzene rings is 1. The van der Waals surface area contributed by atoms with E-state index in [0.29, 0.717) is 6.04 Å². The van der Waals surface area contributed by atoms with E-state index in [1.54, 1.807) is 0 Å². The molecule has 2 unspecified atom stereocenters. The highest BCUT2D eigenvalue weighted by Crippen LogP contribution is 2.28. The van der Waals surface area contributed by atoms with Crippen LogP contribution in [0.15, 0.2) is 35.3 Å². The fraction of sp³-hybridized carbons (Fsp3) is 0.650. The van der Waals surface area contributed by atoms with Crippen LogP contribution in [0, 0.1) is 5.92 Å². The predicted octanol–water partition coefficient (Wildman–Crippen LogP) is 1.77. The summed E-state index contributed by atoms with van der Waals surface area (Å²) in [6.07, 6.45) is 2.44. The van der Waals surface area contributed by atoms with E-state index in [1.165, 1.54) is 51.1 Å². The molecule has 1 aliphatic carbocycles. The van der Waals surface area contributed by atoms with E-state index >= 15 is 0 Å². The van der Waals surface area contributed by atoms with Gasteiger partial charge in [-0.15, -0.1) is 0 Å². The van der Waals surface area contributed by atoms with E-state index in [9.17, 15) is 0 Å². The minimum atomic E-state index is 0.629. The Bertz CT molecular complexity index is 536. The van der Waals surface area contributed by atoms with Gasteiger partial charge in [0.1, 0.15) is 0 Å². The minimum Gasteiger partial charge on any atom is -0.356 e. The molecule has 3 rings (SSSR count).